The van der Waals surface area contributed by atoms with Crippen LogP contribution < -0.4 is 15.2 Å². The quantitative estimate of drug-likeness (QED) is 0.612. The van der Waals surface area contributed by atoms with Gasteiger partial charge in [0.05, 0.1) is 30.5 Å². The van der Waals surface area contributed by atoms with Crippen LogP contribution in [0.3, 0.4) is 0 Å². The summed E-state index contributed by atoms with van der Waals surface area (Å²) in [5.41, 5.74) is 7.40. The Labute approximate surface area is 189 Å². The smallest absolute Gasteiger partial charge is 0.387 e. The Balaban J connectivity index is 1.82. The maximum absolute atomic E-state index is 13.2. The molecule has 0 bridgehead atoms. The number of imidazole rings is 1. The van der Waals surface area contributed by atoms with Crippen molar-refractivity contribution in [2.24, 2.45) is 5.73 Å². The van der Waals surface area contributed by atoms with Crippen molar-refractivity contribution >= 4 is 11.6 Å². The molecule has 0 atom stereocenters. The highest BCUT2D eigenvalue weighted by Crippen LogP contribution is 2.38. The minimum Gasteiger partial charge on any atom is -0.496 e. The number of nitriles is 1. The zero-order chi connectivity index (χ0) is 23.9. The topological polar surface area (TPSA) is 106 Å². The van der Waals surface area contributed by atoms with Gasteiger partial charge in [0.15, 0.2) is 0 Å². The molecule has 3 aromatic rings. The fraction of sp³-hybridized carbons (Fsp3) is 0.348. The van der Waals surface area contributed by atoms with E-state index in [2.05, 4.69) is 11.1 Å². The number of ether oxygens (including phenoxy) is 2. The highest BCUT2D eigenvalue weighted by Gasteiger charge is 2.33. The zero-order valence-corrected chi connectivity index (χ0v) is 18.4. The fourth-order valence-electron chi connectivity index (χ4n) is 3.78. The van der Waals surface area contributed by atoms with E-state index in [0.717, 1.165) is 5.56 Å². The summed E-state index contributed by atoms with van der Waals surface area (Å²) in [6, 6.07) is 8.67. The van der Waals surface area contributed by atoms with E-state index in [4.69, 9.17) is 15.2 Å². The van der Waals surface area contributed by atoms with Gasteiger partial charge < -0.3 is 20.1 Å². The third-order valence-electron chi connectivity index (χ3n) is 5.72. The summed E-state index contributed by atoms with van der Waals surface area (Å²) in [7, 11) is 1.36. The van der Waals surface area contributed by atoms with Crippen LogP contribution in [0.5, 0.6) is 11.5 Å². The van der Waals surface area contributed by atoms with Crippen LogP contribution in [0.15, 0.2) is 36.7 Å². The van der Waals surface area contributed by atoms with Crippen molar-refractivity contribution in [3.63, 3.8) is 0 Å². The van der Waals surface area contributed by atoms with Crippen LogP contribution in [-0.2, 0) is 5.41 Å². The lowest BCUT2D eigenvalue weighted by Crippen LogP contribution is -2.57. The van der Waals surface area contributed by atoms with Gasteiger partial charge in [-0.1, -0.05) is 0 Å². The Morgan fingerprint density at radius 2 is 2.00 bits per heavy atom. The molecular formula is C23H23F2N5O3. The summed E-state index contributed by atoms with van der Waals surface area (Å²) in [6.07, 6.45) is 3.34. The van der Waals surface area contributed by atoms with Gasteiger partial charge in [0.1, 0.15) is 22.7 Å². The normalized spacial score (nSPS) is 14.3. The number of nitrogens with zero attached hydrogens (tertiary/aromatic N) is 4. The molecule has 1 aliphatic heterocycles. The van der Waals surface area contributed by atoms with Gasteiger partial charge in [0.25, 0.3) is 5.91 Å². The molecule has 10 heteroatoms. The van der Waals surface area contributed by atoms with Crippen LogP contribution in [0.1, 0.15) is 29.8 Å². The van der Waals surface area contributed by atoms with Gasteiger partial charge >= 0.3 is 6.61 Å². The number of alkyl halides is 2. The zero-order valence-electron chi connectivity index (χ0n) is 18.4. The van der Waals surface area contributed by atoms with Crippen molar-refractivity contribution in [2.75, 3.05) is 20.2 Å². The number of aromatic nitrogens is 2. The van der Waals surface area contributed by atoms with Gasteiger partial charge in [-0.2, -0.15) is 14.0 Å². The molecule has 2 N–H and O–H groups in total. The Hall–Kier alpha value is -3.71. The summed E-state index contributed by atoms with van der Waals surface area (Å²) in [5, 5.41) is 9.41. The van der Waals surface area contributed by atoms with E-state index in [1.54, 1.807) is 35.0 Å². The van der Waals surface area contributed by atoms with Crippen molar-refractivity contribution in [1.82, 2.24) is 14.3 Å². The SMILES string of the molecule is COc1cc(-c2cnc3cc(C(C)(C)C#N)ccn23)cc(OC(F)F)c1C(=O)N1CC(N)C1. The molecule has 1 aromatic carbocycles. The van der Waals surface area contributed by atoms with E-state index in [1.807, 2.05) is 13.8 Å². The standard InChI is InChI=1S/C23H23F2N5O3/c1-23(2,12-26)14-4-5-30-16(9-28-19(30)8-14)13-6-17(32-3)20(18(7-13)33-22(24)25)21(31)29-10-15(27)11-29/h4-9,15,22H,10-11,27H2,1-3H3. The van der Waals surface area contributed by atoms with Crippen molar-refractivity contribution in [1.29, 1.82) is 5.26 Å². The number of benzene rings is 1. The first kappa shape index (κ1) is 22.5. The molecule has 33 heavy (non-hydrogen) atoms. The van der Waals surface area contributed by atoms with Crippen LogP contribution in [0.25, 0.3) is 16.9 Å². The number of carbonyl (C=O) groups excluding carboxylic acids is 1. The molecular weight excluding hydrogens is 432 g/mol. The van der Waals surface area contributed by atoms with Crippen LogP contribution >= 0.6 is 0 Å². The molecule has 3 heterocycles. The largest absolute Gasteiger partial charge is 0.496 e. The highest BCUT2D eigenvalue weighted by atomic mass is 19.3. The van der Waals surface area contributed by atoms with Gasteiger partial charge in [-0.15, -0.1) is 0 Å². The molecule has 8 nitrogen and oxygen atoms in total. The van der Waals surface area contributed by atoms with Gasteiger partial charge in [0.2, 0.25) is 0 Å². The van der Waals surface area contributed by atoms with Crippen LogP contribution in [0.4, 0.5) is 8.78 Å². The van der Waals surface area contributed by atoms with Crippen molar-refractivity contribution in [2.45, 2.75) is 31.9 Å². The average molecular weight is 455 g/mol. The number of pyridine rings is 1. The van der Waals surface area contributed by atoms with E-state index in [-0.39, 0.29) is 23.1 Å². The average Bonchev–Trinajstić information content (AvgIpc) is 3.19. The van der Waals surface area contributed by atoms with Crippen LogP contribution in [-0.4, -0.2) is 53.0 Å². The van der Waals surface area contributed by atoms with Crippen LogP contribution in [0.2, 0.25) is 0 Å². The molecule has 1 fully saturated rings. The molecule has 4 rings (SSSR count). The second-order valence-corrected chi connectivity index (χ2v) is 8.42. The lowest BCUT2D eigenvalue weighted by Gasteiger charge is -2.37. The van der Waals surface area contributed by atoms with E-state index in [9.17, 15) is 18.8 Å². The first-order valence-corrected chi connectivity index (χ1v) is 10.3. The van der Waals surface area contributed by atoms with E-state index in [1.165, 1.54) is 18.1 Å². The molecule has 0 spiro atoms. The molecule has 1 aliphatic rings. The highest BCUT2D eigenvalue weighted by molar-refractivity contribution is 6.01. The van der Waals surface area contributed by atoms with E-state index in [0.29, 0.717) is 30.0 Å². The lowest BCUT2D eigenvalue weighted by atomic mass is 9.87. The van der Waals surface area contributed by atoms with Gasteiger partial charge in [-0.25, -0.2) is 4.98 Å². The minimum absolute atomic E-state index is 0.0830. The number of hydrogen-bond donors (Lipinski definition) is 1. The predicted octanol–water partition coefficient (Wildman–Crippen LogP) is 3.20. The number of amides is 1. The number of halogens is 2. The van der Waals surface area contributed by atoms with E-state index < -0.39 is 17.9 Å². The Morgan fingerprint density at radius 1 is 1.30 bits per heavy atom. The second-order valence-electron chi connectivity index (χ2n) is 8.42. The third kappa shape index (κ3) is 4.07. The van der Waals surface area contributed by atoms with Gasteiger partial charge in [-0.05, 0) is 43.7 Å². The van der Waals surface area contributed by atoms with E-state index >= 15 is 0 Å². The number of rotatable bonds is 6. The summed E-state index contributed by atoms with van der Waals surface area (Å²) in [5.74, 6) is -0.676. The first-order valence-electron chi connectivity index (χ1n) is 10.3. The maximum atomic E-state index is 13.2. The molecule has 2 aromatic heterocycles. The third-order valence-corrected chi connectivity index (χ3v) is 5.72. The minimum atomic E-state index is -3.13. The Kier molecular flexibility index (Phi) is 5.68. The monoisotopic (exact) mass is 455 g/mol. The molecule has 1 amide bonds. The number of fused-ring (bicyclic) bond motifs is 1. The number of methoxy groups -OCH3 is 1. The maximum Gasteiger partial charge on any atom is 0.387 e. The lowest BCUT2D eigenvalue weighted by molar-refractivity contribution is -0.0504. The summed E-state index contributed by atoms with van der Waals surface area (Å²) in [6.45, 7) is 1.14. The molecule has 0 saturated carbocycles. The van der Waals surface area contributed by atoms with Crippen molar-refractivity contribution in [3.05, 3.63) is 47.8 Å². The number of likely N-dealkylation sites (tertiary alicyclic amines) is 1. The molecule has 0 radical (unpaired) electrons. The second kappa shape index (κ2) is 8.33. The van der Waals surface area contributed by atoms with Crippen LogP contribution in [0, 0.1) is 11.3 Å². The molecule has 0 aliphatic carbocycles. The van der Waals surface area contributed by atoms with Crippen molar-refractivity contribution in [3.8, 4) is 28.8 Å². The summed E-state index contributed by atoms with van der Waals surface area (Å²) in [4.78, 5) is 18.8. The predicted molar refractivity (Wildman–Crippen MR) is 116 cm³/mol. The van der Waals surface area contributed by atoms with Gasteiger partial charge in [0, 0.05) is 30.9 Å². The van der Waals surface area contributed by atoms with Gasteiger partial charge in [-0.3, -0.25) is 9.20 Å². The number of carbonyl (C=O) groups is 1. The Bertz CT molecular complexity index is 1260. The summed E-state index contributed by atoms with van der Waals surface area (Å²) >= 11 is 0. The number of nitrogens with two attached hydrogens (primary N) is 1. The fourth-order valence-corrected chi connectivity index (χ4v) is 3.78. The number of hydrogen-bond acceptors (Lipinski definition) is 6. The molecule has 172 valence electrons. The molecule has 1 saturated heterocycles. The summed E-state index contributed by atoms with van der Waals surface area (Å²) < 4.78 is 38.3. The molecule has 0 unspecified atom stereocenters. The Morgan fingerprint density at radius 3 is 2.61 bits per heavy atom. The van der Waals surface area contributed by atoms with Crippen molar-refractivity contribution < 1.29 is 23.0 Å². The first-order chi connectivity index (χ1) is 15.6.